The summed E-state index contributed by atoms with van der Waals surface area (Å²) in [6.07, 6.45) is 0.734. The lowest BCUT2D eigenvalue weighted by Crippen LogP contribution is -2.33. The molecule has 0 aliphatic carbocycles. The number of hydrogen-bond acceptors (Lipinski definition) is 2. The largest absolute Gasteiger partial charge is 0.392 e. The Morgan fingerprint density at radius 3 is 2.33 bits per heavy atom. The van der Waals surface area contributed by atoms with Crippen LogP contribution >= 0.6 is 0 Å². The van der Waals surface area contributed by atoms with Gasteiger partial charge in [0.1, 0.15) is 0 Å². The molecule has 0 radical (unpaired) electrons. The molecule has 15 heavy (non-hydrogen) atoms. The summed E-state index contributed by atoms with van der Waals surface area (Å²) in [5.74, 6) is 0. The van der Waals surface area contributed by atoms with Gasteiger partial charge in [-0.2, -0.15) is 0 Å². The third-order valence-corrected chi connectivity index (χ3v) is 2.42. The number of benzene rings is 1. The van der Waals surface area contributed by atoms with Crippen LogP contribution in [-0.2, 0) is 6.42 Å². The van der Waals surface area contributed by atoms with Crippen LogP contribution in [0.3, 0.4) is 0 Å². The maximum Gasteiger partial charge on any atom is 0.0636 e. The Morgan fingerprint density at radius 2 is 1.80 bits per heavy atom. The van der Waals surface area contributed by atoms with Crippen molar-refractivity contribution < 1.29 is 5.11 Å². The summed E-state index contributed by atoms with van der Waals surface area (Å²) in [7, 11) is 0. The normalized spacial score (nSPS) is 14.9. The predicted octanol–water partition coefficient (Wildman–Crippen LogP) is 1.90. The van der Waals surface area contributed by atoms with E-state index in [-0.39, 0.29) is 6.10 Å². The molecular weight excluding hydrogens is 186 g/mol. The Bertz CT molecular complexity index is 279. The molecule has 0 saturated carbocycles. The van der Waals surface area contributed by atoms with Crippen molar-refractivity contribution >= 4 is 0 Å². The molecule has 1 aromatic rings. The van der Waals surface area contributed by atoms with Crippen molar-refractivity contribution in [3.05, 3.63) is 35.4 Å². The molecule has 2 N–H and O–H groups in total. The number of nitrogens with one attached hydrogen (secondary N) is 1. The SMILES string of the molecule is Cc1ccc(CC(C)NCC(C)O)cc1. The smallest absolute Gasteiger partial charge is 0.0636 e. The van der Waals surface area contributed by atoms with E-state index in [0.29, 0.717) is 12.6 Å². The lowest BCUT2D eigenvalue weighted by molar-refractivity contribution is 0.187. The van der Waals surface area contributed by atoms with Gasteiger partial charge in [0.15, 0.2) is 0 Å². The molecule has 0 bridgehead atoms. The summed E-state index contributed by atoms with van der Waals surface area (Å²) in [6, 6.07) is 9.00. The standard InChI is InChI=1S/C13H21NO/c1-10-4-6-13(7-5-10)8-11(2)14-9-12(3)15/h4-7,11-12,14-15H,8-9H2,1-3H3. The lowest BCUT2D eigenvalue weighted by Gasteiger charge is -2.15. The van der Waals surface area contributed by atoms with Gasteiger partial charge in [-0.25, -0.2) is 0 Å². The van der Waals surface area contributed by atoms with Crippen molar-refractivity contribution in [2.24, 2.45) is 0 Å². The van der Waals surface area contributed by atoms with Crippen LogP contribution in [0.2, 0.25) is 0 Å². The van der Waals surface area contributed by atoms with Gasteiger partial charge in [0, 0.05) is 12.6 Å². The van der Waals surface area contributed by atoms with Crippen LogP contribution in [0.15, 0.2) is 24.3 Å². The van der Waals surface area contributed by atoms with Gasteiger partial charge in [-0.3, -0.25) is 0 Å². The number of aliphatic hydroxyl groups excluding tert-OH is 1. The highest BCUT2D eigenvalue weighted by molar-refractivity contribution is 5.21. The van der Waals surface area contributed by atoms with Crippen molar-refractivity contribution in [2.45, 2.75) is 39.3 Å². The minimum absolute atomic E-state index is 0.273. The minimum Gasteiger partial charge on any atom is -0.392 e. The highest BCUT2D eigenvalue weighted by atomic mass is 16.3. The topological polar surface area (TPSA) is 32.3 Å². The first kappa shape index (κ1) is 12.2. The van der Waals surface area contributed by atoms with Gasteiger partial charge in [0.25, 0.3) is 0 Å². The Morgan fingerprint density at radius 1 is 1.20 bits per heavy atom. The van der Waals surface area contributed by atoms with Crippen molar-refractivity contribution in [3.63, 3.8) is 0 Å². The summed E-state index contributed by atoms with van der Waals surface area (Å²) in [5.41, 5.74) is 2.63. The molecule has 0 spiro atoms. The van der Waals surface area contributed by atoms with E-state index in [1.807, 2.05) is 0 Å². The first-order valence-corrected chi connectivity index (χ1v) is 5.55. The average molecular weight is 207 g/mol. The number of aliphatic hydroxyl groups is 1. The Balaban J connectivity index is 2.37. The maximum atomic E-state index is 9.14. The molecule has 0 aliphatic heterocycles. The monoisotopic (exact) mass is 207 g/mol. The van der Waals surface area contributed by atoms with Crippen LogP contribution in [-0.4, -0.2) is 23.8 Å². The Labute approximate surface area is 92.3 Å². The molecule has 0 amide bonds. The molecule has 0 aliphatic rings. The van der Waals surface area contributed by atoms with Crippen LogP contribution < -0.4 is 5.32 Å². The highest BCUT2D eigenvalue weighted by Crippen LogP contribution is 2.05. The third-order valence-electron chi connectivity index (χ3n) is 2.42. The second-order valence-corrected chi connectivity index (χ2v) is 4.35. The van der Waals surface area contributed by atoms with Gasteiger partial charge in [0.2, 0.25) is 0 Å². The van der Waals surface area contributed by atoms with E-state index in [0.717, 1.165) is 6.42 Å². The third kappa shape index (κ3) is 4.96. The Kier molecular flexibility index (Phi) is 4.79. The summed E-state index contributed by atoms with van der Waals surface area (Å²) in [6.45, 7) is 6.69. The molecular formula is C13H21NO. The minimum atomic E-state index is -0.273. The molecule has 1 rings (SSSR count). The summed E-state index contributed by atoms with van der Waals surface area (Å²) < 4.78 is 0. The van der Waals surface area contributed by atoms with E-state index in [2.05, 4.69) is 43.4 Å². The van der Waals surface area contributed by atoms with Gasteiger partial charge in [-0.15, -0.1) is 0 Å². The van der Waals surface area contributed by atoms with E-state index in [1.165, 1.54) is 11.1 Å². The van der Waals surface area contributed by atoms with Crippen molar-refractivity contribution in [3.8, 4) is 0 Å². The zero-order chi connectivity index (χ0) is 11.3. The number of hydrogen-bond donors (Lipinski definition) is 2. The second-order valence-electron chi connectivity index (χ2n) is 4.35. The first-order valence-electron chi connectivity index (χ1n) is 5.55. The molecule has 0 saturated heterocycles. The van der Waals surface area contributed by atoms with Gasteiger partial charge in [-0.05, 0) is 32.8 Å². The fourth-order valence-electron chi connectivity index (χ4n) is 1.52. The van der Waals surface area contributed by atoms with Crippen LogP contribution in [0.1, 0.15) is 25.0 Å². The Hall–Kier alpha value is -0.860. The molecule has 2 nitrogen and oxygen atoms in total. The highest BCUT2D eigenvalue weighted by Gasteiger charge is 2.04. The summed E-state index contributed by atoms with van der Waals surface area (Å²) >= 11 is 0. The van der Waals surface area contributed by atoms with Gasteiger partial charge in [-0.1, -0.05) is 29.8 Å². The summed E-state index contributed by atoms with van der Waals surface area (Å²) in [5, 5.41) is 12.4. The zero-order valence-electron chi connectivity index (χ0n) is 9.83. The predicted molar refractivity (Wildman–Crippen MR) is 64.0 cm³/mol. The van der Waals surface area contributed by atoms with Crippen molar-refractivity contribution in [1.29, 1.82) is 0 Å². The molecule has 0 heterocycles. The number of aryl methyl sites for hydroxylation is 1. The van der Waals surface area contributed by atoms with Crippen molar-refractivity contribution in [1.82, 2.24) is 5.32 Å². The van der Waals surface area contributed by atoms with Gasteiger partial charge in [0.05, 0.1) is 6.10 Å². The van der Waals surface area contributed by atoms with Crippen LogP contribution in [0, 0.1) is 6.92 Å². The molecule has 2 atom stereocenters. The van der Waals surface area contributed by atoms with E-state index in [1.54, 1.807) is 6.92 Å². The van der Waals surface area contributed by atoms with Gasteiger partial charge < -0.3 is 10.4 Å². The molecule has 1 aromatic carbocycles. The first-order chi connectivity index (χ1) is 7.08. The number of rotatable bonds is 5. The zero-order valence-corrected chi connectivity index (χ0v) is 9.83. The quantitative estimate of drug-likeness (QED) is 0.773. The van der Waals surface area contributed by atoms with E-state index in [9.17, 15) is 0 Å². The molecule has 0 fully saturated rings. The molecule has 0 aromatic heterocycles. The lowest BCUT2D eigenvalue weighted by atomic mass is 10.1. The van der Waals surface area contributed by atoms with Crippen molar-refractivity contribution in [2.75, 3.05) is 6.54 Å². The fraction of sp³-hybridized carbons (Fsp3) is 0.538. The average Bonchev–Trinajstić information content (AvgIpc) is 2.19. The fourth-order valence-corrected chi connectivity index (χ4v) is 1.52. The molecule has 84 valence electrons. The van der Waals surface area contributed by atoms with Crippen LogP contribution in [0.5, 0.6) is 0 Å². The molecule has 2 heteroatoms. The van der Waals surface area contributed by atoms with E-state index < -0.39 is 0 Å². The van der Waals surface area contributed by atoms with Gasteiger partial charge >= 0.3 is 0 Å². The van der Waals surface area contributed by atoms with E-state index >= 15 is 0 Å². The van der Waals surface area contributed by atoms with E-state index in [4.69, 9.17) is 5.11 Å². The van der Waals surface area contributed by atoms with Crippen LogP contribution in [0.25, 0.3) is 0 Å². The second kappa shape index (κ2) is 5.89. The maximum absolute atomic E-state index is 9.14. The summed E-state index contributed by atoms with van der Waals surface area (Å²) in [4.78, 5) is 0. The van der Waals surface area contributed by atoms with Crippen LogP contribution in [0.4, 0.5) is 0 Å². The molecule has 2 unspecified atom stereocenters.